The van der Waals surface area contributed by atoms with Gasteiger partial charge in [0.1, 0.15) is 6.61 Å². The maximum absolute atomic E-state index is 12.9. The molecule has 1 N–H and O–H groups in total. The van der Waals surface area contributed by atoms with Crippen molar-refractivity contribution in [1.82, 2.24) is 19.8 Å². The smallest absolute Gasteiger partial charge is 0.475 e. The van der Waals surface area contributed by atoms with Crippen LogP contribution in [0.2, 0.25) is 0 Å². The van der Waals surface area contributed by atoms with Crippen molar-refractivity contribution in [2.75, 3.05) is 51.8 Å². The van der Waals surface area contributed by atoms with E-state index in [0.717, 1.165) is 19.4 Å². The molecule has 1 aromatic heterocycles. The maximum Gasteiger partial charge on any atom is 0.490 e. The zero-order valence-corrected chi connectivity index (χ0v) is 18.3. The number of rotatable bonds is 3. The number of alkyl halides is 3. The highest BCUT2D eigenvalue weighted by Gasteiger charge is 2.60. The summed E-state index contributed by atoms with van der Waals surface area (Å²) < 4.78 is 36.7. The standard InChI is InChI=1S/C18H25N5O3.C2HF3O2/c1-21-16(25)13-10-23(17-19-6-3-7-20-17)11-14(13)18(21)4-8-22(9-5-18)15(24)12-26-2;3-2(4,5)1(6)7/h3,6-7,13-14H,4-5,8-12H2,1-2H3;(H,6,7)/t13-,14+;/m0./s1. The van der Waals surface area contributed by atoms with Crippen LogP contribution in [0.25, 0.3) is 0 Å². The summed E-state index contributed by atoms with van der Waals surface area (Å²) in [7, 11) is 3.47. The molecule has 182 valence electrons. The van der Waals surface area contributed by atoms with Crippen LogP contribution in [0.4, 0.5) is 19.1 Å². The monoisotopic (exact) mass is 473 g/mol. The Morgan fingerprint density at radius 2 is 1.79 bits per heavy atom. The van der Waals surface area contributed by atoms with Gasteiger partial charge in [-0.15, -0.1) is 0 Å². The molecule has 3 saturated heterocycles. The SMILES string of the molecule is COCC(=O)N1CCC2(CC1)[C@@H]1CN(c3ncccn3)C[C@@H]1C(=O)N2C.O=C(O)C(F)(F)F. The minimum Gasteiger partial charge on any atom is -0.475 e. The average Bonchev–Trinajstić information content (AvgIpc) is 3.31. The van der Waals surface area contributed by atoms with Gasteiger partial charge in [-0.25, -0.2) is 14.8 Å². The number of halogens is 3. The number of carbonyl (C=O) groups is 3. The van der Waals surface area contributed by atoms with Crippen LogP contribution in [0.1, 0.15) is 12.8 Å². The lowest BCUT2D eigenvalue weighted by Gasteiger charge is -2.46. The number of carboxylic acids is 1. The molecule has 0 saturated carbocycles. The van der Waals surface area contributed by atoms with Crippen LogP contribution in [0.15, 0.2) is 18.5 Å². The van der Waals surface area contributed by atoms with E-state index in [1.54, 1.807) is 18.5 Å². The van der Waals surface area contributed by atoms with Gasteiger partial charge in [0.15, 0.2) is 0 Å². The van der Waals surface area contributed by atoms with E-state index < -0.39 is 12.1 Å². The molecular formula is C20H26F3N5O5. The van der Waals surface area contributed by atoms with Gasteiger partial charge in [-0.1, -0.05) is 0 Å². The summed E-state index contributed by atoms with van der Waals surface area (Å²) in [5, 5.41) is 7.12. The van der Waals surface area contributed by atoms with Crippen molar-refractivity contribution in [3.05, 3.63) is 18.5 Å². The number of fused-ring (bicyclic) bond motifs is 2. The Morgan fingerprint density at radius 3 is 2.30 bits per heavy atom. The Labute approximate surface area is 188 Å². The fraction of sp³-hybridized carbons (Fsp3) is 0.650. The molecule has 0 unspecified atom stereocenters. The lowest BCUT2D eigenvalue weighted by molar-refractivity contribution is -0.192. The molecule has 2 atom stereocenters. The van der Waals surface area contributed by atoms with E-state index in [2.05, 4.69) is 14.9 Å². The van der Waals surface area contributed by atoms with E-state index in [-0.39, 0.29) is 35.8 Å². The molecule has 10 nitrogen and oxygen atoms in total. The second-order valence-corrected chi connectivity index (χ2v) is 8.28. The lowest BCUT2D eigenvalue weighted by atomic mass is 9.75. The molecule has 1 aromatic rings. The van der Waals surface area contributed by atoms with Crippen LogP contribution in [0.3, 0.4) is 0 Å². The van der Waals surface area contributed by atoms with Crippen molar-refractivity contribution in [3.63, 3.8) is 0 Å². The molecule has 4 rings (SSSR count). The number of aliphatic carboxylic acids is 1. The van der Waals surface area contributed by atoms with Crippen molar-refractivity contribution in [3.8, 4) is 0 Å². The third-order valence-electron chi connectivity index (χ3n) is 6.65. The van der Waals surface area contributed by atoms with E-state index >= 15 is 0 Å². The molecule has 0 radical (unpaired) electrons. The van der Waals surface area contributed by atoms with Crippen molar-refractivity contribution < 1.29 is 37.4 Å². The minimum absolute atomic E-state index is 0.00923. The quantitative estimate of drug-likeness (QED) is 0.680. The second-order valence-electron chi connectivity index (χ2n) is 8.28. The summed E-state index contributed by atoms with van der Waals surface area (Å²) in [6, 6.07) is 1.80. The van der Waals surface area contributed by atoms with Crippen LogP contribution < -0.4 is 4.90 Å². The zero-order chi connectivity index (χ0) is 24.4. The average molecular weight is 473 g/mol. The zero-order valence-electron chi connectivity index (χ0n) is 18.3. The predicted octanol–water partition coefficient (Wildman–Crippen LogP) is 0.642. The Bertz CT molecular complexity index is 877. The molecule has 1 spiro atoms. The first-order chi connectivity index (χ1) is 15.5. The Morgan fingerprint density at radius 1 is 1.21 bits per heavy atom. The van der Waals surface area contributed by atoms with Gasteiger partial charge < -0.3 is 24.5 Å². The highest BCUT2D eigenvalue weighted by molar-refractivity contribution is 5.84. The van der Waals surface area contributed by atoms with Crippen LogP contribution in [0, 0.1) is 11.8 Å². The molecule has 4 heterocycles. The van der Waals surface area contributed by atoms with Crippen molar-refractivity contribution in [1.29, 1.82) is 0 Å². The number of nitrogens with zero attached hydrogens (tertiary/aromatic N) is 5. The van der Waals surface area contributed by atoms with E-state index in [1.165, 1.54) is 7.11 Å². The normalized spacial score (nSPS) is 23.9. The summed E-state index contributed by atoms with van der Waals surface area (Å²) in [6.07, 6.45) is 0.0186. The molecule has 3 aliphatic heterocycles. The number of likely N-dealkylation sites (tertiary alicyclic amines) is 2. The molecule has 0 bridgehead atoms. The number of aromatic nitrogens is 2. The summed E-state index contributed by atoms with van der Waals surface area (Å²) in [6.45, 7) is 2.92. The second kappa shape index (κ2) is 9.49. The van der Waals surface area contributed by atoms with E-state index in [9.17, 15) is 22.8 Å². The largest absolute Gasteiger partial charge is 0.490 e. The summed E-state index contributed by atoms with van der Waals surface area (Å²) >= 11 is 0. The molecule has 3 fully saturated rings. The first-order valence-electron chi connectivity index (χ1n) is 10.4. The lowest BCUT2D eigenvalue weighted by Crippen LogP contribution is -2.57. The Hall–Kier alpha value is -2.96. The molecule has 33 heavy (non-hydrogen) atoms. The molecule has 2 amide bonds. The summed E-state index contributed by atoms with van der Waals surface area (Å²) in [4.78, 5) is 48.6. The van der Waals surface area contributed by atoms with Gasteiger partial charge in [0.2, 0.25) is 17.8 Å². The highest BCUT2D eigenvalue weighted by atomic mass is 19.4. The van der Waals surface area contributed by atoms with E-state index in [4.69, 9.17) is 14.6 Å². The summed E-state index contributed by atoms with van der Waals surface area (Å²) in [5.74, 6) is -1.58. The molecule has 0 aliphatic carbocycles. The fourth-order valence-corrected chi connectivity index (χ4v) is 5.00. The number of hydrogen-bond donors (Lipinski definition) is 1. The van der Waals surface area contributed by atoms with Gasteiger partial charge in [0, 0.05) is 58.6 Å². The number of hydrogen-bond acceptors (Lipinski definition) is 7. The molecule has 13 heteroatoms. The van der Waals surface area contributed by atoms with Crippen molar-refractivity contribution >= 4 is 23.7 Å². The maximum atomic E-state index is 12.9. The van der Waals surface area contributed by atoms with Crippen LogP contribution in [-0.2, 0) is 19.1 Å². The topological polar surface area (TPSA) is 116 Å². The number of ether oxygens (including phenoxy) is 1. The van der Waals surface area contributed by atoms with Crippen LogP contribution >= 0.6 is 0 Å². The van der Waals surface area contributed by atoms with Crippen LogP contribution in [-0.4, -0.2) is 101 Å². The number of carboxylic acid groups (broad SMARTS) is 1. The molecular weight excluding hydrogens is 447 g/mol. The predicted molar refractivity (Wildman–Crippen MR) is 108 cm³/mol. The number of piperidine rings is 1. The van der Waals surface area contributed by atoms with E-state index in [1.807, 2.05) is 16.8 Å². The number of carbonyl (C=O) groups excluding carboxylic acids is 2. The third kappa shape index (κ3) is 4.87. The van der Waals surface area contributed by atoms with E-state index in [0.29, 0.717) is 25.6 Å². The van der Waals surface area contributed by atoms with Crippen molar-refractivity contribution in [2.45, 2.75) is 24.6 Å². The number of amides is 2. The van der Waals surface area contributed by atoms with Gasteiger partial charge in [-0.3, -0.25) is 9.59 Å². The van der Waals surface area contributed by atoms with Gasteiger partial charge in [0.05, 0.1) is 11.5 Å². The minimum atomic E-state index is -5.08. The fourth-order valence-electron chi connectivity index (χ4n) is 5.00. The summed E-state index contributed by atoms with van der Waals surface area (Å²) in [5.41, 5.74) is -0.171. The molecule has 3 aliphatic rings. The molecule has 0 aromatic carbocycles. The Balaban J connectivity index is 0.000000383. The van der Waals surface area contributed by atoms with Gasteiger partial charge in [-0.2, -0.15) is 13.2 Å². The number of methoxy groups -OCH3 is 1. The van der Waals surface area contributed by atoms with Gasteiger partial charge in [-0.05, 0) is 18.9 Å². The third-order valence-corrected chi connectivity index (χ3v) is 6.65. The van der Waals surface area contributed by atoms with Gasteiger partial charge in [0.25, 0.3) is 0 Å². The van der Waals surface area contributed by atoms with Crippen LogP contribution in [0.5, 0.6) is 0 Å². The van der Waals surface area contributed by atoms with Crippen molar-refractivity contribution in [2.24, 2.45) is 11.8 Å². The highest BCUT2D eigenvalue weighted by Crippen LogP contribution is 2.49. The van der Waals surface area contributed by atoms with Gasteiger partial charge >= 0.3 is 12.1 Å². The Kier molecular flexibility index (Phi) is 7.10. The number of anilines is 1. The first-order valence-corrected chi connectivity index (χ1v) is 10.4. The first kappa shape index (κ1) is 24.7.